The lowest BCUT2D eigenvalue weighted by atomic mass is 10.0. The molecule has 0 aliphatic carbocycles. The van der Waals surface area contributed by atoms with Gasteiger partial charge in [-0.05, 0) is 127 Å². The number of ether oxygens (including phenoxy) is 7. The highest BCUT2D eigenvalue weighted by Gasteiger charge is 2.20. The van der Waals surface area contributed by atoms with Gasteiger partial charge in [0.25, 0.3) is 5.91 Å². The summed E-state index contributed by atoms with van der Waals surface area (Å²) in [7, 11) is 0. The Kier molecular flexibility index (Phi) is 45.3. The summed E-state index contributed by atoms with van der Waals surface area (Å²) < 4.78 is 48.1. The standard InChI is InChI=1S/C97H144N4O8/c1-12-19-22-25-28-31-34-37-40-43-62-103-92-65-80(66-93(104-63-44-41-38-35-32-29-26-23-20-13-2)96(92)105-64-45-42-39-36-33-30-27-24-21-14-3)53-57-83-68-91(109-74-78(11)18-7)85(70-89(83)107-72-76(9)16-5)59-58-84-69-88(106-71-75(8)15-4)82(67-90(84)108-73-77(10)17-6)56-52-79-50-54-81(55-51-79)97(102)101-87-49-47-61-100-95(87)94-86(98)48-46-60-99-94/h46-61,65-70,75-78H,12-45,62-64,71-74,98H2,1-11H3,(H,101,102)/b56-52+,57-53+,59-58+/t75-,76-,77-,78-/m0/s1. The van der Waals surface area contributed by atoms with E-state index in [1.54, 1.807) is 36.7 Å². The monoisotopic (exact) mass is 1490 g/mol. The van der Waals surface area contributed by atoms with Gasteiger partial charge in [-0.15, -0.1) is 0 Å². The van der Waals surface area contributed by atoms with Crippen molar-refractivity contribution in [2.24, 2.45) is 23.7 Å². The van der Waals surface area contributed by atoms with E-state index in [0.717, 1.165) is 138 Å². The maximum atomic E-state index is 13.8. The second kappa shape index (κ2) is 54.8. The molecule has 12 nitrogen and oxygen atoms in total. The summed E-state index contributed by atoms with van der Waals surface area (Å²) >= 11 is 0. The van der Waals surface area contributed by atoms with E-state index in [0.29, 0.717) is 98.2 Å². The third-order valence-electron chi connectivity index (χ3n) is 21.1. The van der Waals surface area contributed by atoms with Crippen LogP contribution in [0.2, 0.25) is 0 Å². The Bertz CT molecular complexity index is 3500. The number of unbranched alkanes of at least 4 members (excludes halogenated alkanes) is 27. The van der Waals surface area contributed by atoms with E-state index in [1.165, 1.54) is 154 Å². The van der Waals surface area contributed by atoms with Crippen molar-refractivity contribution in [1.29, 1.82) is 0 Å². The van der Waals surface area contributed by atoms with Crippen molar-refractivity contribution in [2.75, 3.05) is 57.3 Å². The van der Waals surface area contributed by atoms with Gasteiger partial charge in [0.2, 0.25) is 5.75 Å². The molecule has 3 N–H and O–H groups in total. The van der Waals surface area contributed by atoms with Gasteiger partial charge < -0.3 is 44.2 Å². The number of pyridine rings is 2. The van der Waals surface area contributed by atoms with Crippen molar-refractivity contribution in [2.45, 2.75) is 294 Å². The minimum absolute atomic E-state index is 0.274. The van der Waals surface area contributed by atoms with E-state index in [9.17, 15) is 4.79 Å². The molecule has 0 unspecified atom stereocenters. The zero-order valence-electron chi connectivity index (χ0n) is 69.7. The summed E-state index contributed by atoms with van der Waals surface area (Å²) in [5, 5.41) is 3.03. The number of nitrogen functional groups attached to an aromatic ring is 1. The normalized spacial score (nSPS) is 12.8. The molecule has 0 saturated carbocycles. The van der Waals surface area contributed by atoms with Crippen LogP contribution in [0.3, 0.4) is 0 Å². The van der Waals surface area contributed by atoms with Gasteiger partial charge in [-0.25, -0.2) is 0 Å². The number of hydrogen-bond donors (Lipinski definition) is 2. The number of carbonyl (C=O) groups is 1. The van der Waals surface area contributed by atoms with Gasteiger partial charge in [0.15, 0.2) is 11.5 Å². The van der Waals surface area contributed by atoms with Crippen molar-refractivity contribution < 1.29 is 38.0 Å². The number of aromatic nitrogens is 2. The molecule has 0 bridgehead atoms. The van der Waals surface area contributed by atoms with E-state index in [1.807, 2.05) is 30.3 Å². The minimum atomic E-state index is -0.274. The van der Waals surface area contributed by atoms with Crippen LogP contribution in [0.25, 0.3) is 47.8 Å². The largest absolute Gasteiger partial charge is 0.493 e. The van der Waals surface area contributed by atoms with Crippen molar-refractivity contribution in [3.8, 4) is 51.6 Å². The third kappa shape index (κ3) is 35.0. The molecule has 109 heavy (non-hydrogen) atoms. The van der Waals surface area contributed by atoms with Gasteiger partial charge in [0.05, 0.1) is 57.6 Å². The van der Waals surface area contributed by atoms with E-state index >= 15 is 0 Å². The molecule has 6 rings (SSSR count). The highest BCUT2D eigenvalue weighted by Crippen LogP contribution is 2.42. The Labute approximate surface area is 661 Å². The molecule has 600 valence electrons. The van der Waals surface area contributed by atoms with Crippen LogP contribution in [0.4, 0.5) is 11.4 Å². The van der Waals surface area contributed by atoms with Gasteiger partial charge >= 0.3 is 0 Å². The first-order valence-corrected chi connectivity index (χ1v) is 43.4. The number of benzene rings is 4. The number of anilines is 2. The second-order valence-corrected chi connectivity index (χ2v) is 31.0. The molecule has 2 heterocycles. The topological polar surface area (TPSA) is 146 Å². The minimum Gasteiger partial charge on any atom is -0.493 e. The zero-order chi connectivity index (χ0) is 77.9. The van der Waals surface area contributed by atoms with Gasteiger partial charge in [0, 0.05) is 40.2 Å². The second-order valence-electron chi connectivity index (χ2n) is 31.0. The SMILES string of the molecule is CCCCCCCCCCCCOc1cc(/C=C/c2cc(OC[C@@H](C)CC)c(/C=C/c3cc(OC[C@@H](C)CC)c(/C=C/c4ccc(C(=O)Nc5cccnc5-c5ncccc5N)cc4)cc3OC[C@@H](C)CC)cc2OC[C@@H](C)CC)cc(OCCCCCCCCCCCC)c1OCCCCCCCCCCCC. The number of carbonyl (C=O) groups excluding carboxylic acids is 1. The van der Waals surface area contributed by atoms with Crippen molar-refractivity contribution in [3.63, 3.8) is 0 Å². The van der Waals surface area contributed by atoms with E-state index in [2.05, 4.69) is 158 Å². The average Bonchev–Trinajstić information content (AvgIpc) is 0.818. The van der Waals surface area contributed by atoms with Crippen LogP contribution in [0.15, 0.2) is 97.3 Å². The molecule has 0 saturated heterocycles. The molecule has 1 amide bonds. The van der Waals surface area contributed by atoms with E-state index in [4.69, 9.17) is 38.9 Å². The number of nitrogens with one attached hydrogen (secondary N) is 1. The van der Waals surface area contributed by atoms with Crippen LogP contribution < -0.4 is 44.2 Å². The smallest absolute Gasteiger partial charge is 0.255 e. The number of rotatable bonds is 61. The lowest BCUT2D eigenvalue weighted by molar-refractivity contribution is 0.102. The van der Waals surface area contributed by atoms with Gasteiger partial charge in [0.1, 0.15) is 34.4 Å². The molecular weight excluding hydrogens is 1350 g/mol. The lowest BCUT2D eigenvalue weighted by Crippen LogP contribution is -2.13. The predicted octanol–water partition coefficient (Wildman–Crippen LogP) is 28.1. The first-order chi connectivity index (χ1) is 53.3. The molecule has 4 aromatic carbocycles. The Morgan fingerprint density at radius 1 is 0.358 bits per heavy atom. The molecule has 0 spiro atoms. The molecule has 4 atom stereocenters. The van der Waals surface area contributed by atoms with Crippen molar-refractivity contribution >= 4 is 53.7 Å². The fraction of sp³-hybridized carbons (Fsp3) is 0.577. The fourth-order valence-electron chi connectivity index (χ4n) is 12.8. The number of hydrogen-bond acceptors (Lipinski definition) is 11. The Balaban J connectivity index is 1.37. The van der Waals surface area contributed by atoms with Crippen LogP contribution in [0, 0.1) is 23.7 Å². The Morgan fingerprint density at radius 3 is 1.04 bits per heavy atom. The fourth-order valence-corrected chi connectivity index (χ4v) is 12.8. The summed E-state index contributed by atoms with van der Waals surface area (Å²) in [5.74, 6) is 6.28. The Morgan fingerprint density at radius 2 is 0.679 bits per heavy atom. The lowest BCUT2D eigenvalue weighted by Gasteiger charge is -2.19. The third-order valence-corrected chi connectivity index (χ3v) is 21.1. The van der Waals surface area contributed by atoms with Crippen LogP contribution in [0.5, 0.6) is 40.2 Å². The summed E-state index contributed by atoms with van der Waals surface area (Å²) in [6.07, 6.45) is 58.0. The maximum Gasteiger partial charge on any atom is 0.255 e. The summed E-state index contributed by atoms with van der Waals surface area (Å²) in [6, 6.07) is 27.5. The molecule has 0 radical (unpaired) electrons. The average molecular weight is 1490 g/mol. The molecule has 12 heteroatoms. The first kappa shape index (κ1) is 90.2. The van der Waals surface area contributed by atoms with Gasteiger partial charge in [-0.1, -0.05) is 324 Å². The summed E-state index contributed by atoms with van der Waals surface area (Å²) in [6.45, 7) is 28.7. The van der Waals surface area contributed by atoms with Crippen LogP contribution in [-0.4, -0.2) is 62.1 Å². The predicted molar refractivity (Wildman–Crippen MR) is 464 cm³/mol. The highest BCUT2D eigenvalue weighted by molar-refractivity contribution is 6.06. The van der Waals surface area contributed by atoms with Crippen LogP contribution >= 0.6 is 0 Å². The van der Waals surface area contributed by atoms with Gasteiger partial charge in [-0.2, -0.15) is 0 Å². The quantitative estimate of drug-likeness (QED) is 0.0278. The molecular formula is C97H144N4O8. The summed E-state index contributed by atoms with van der Waals surface area (Å²) in [5.41, 5.74) is 14.2. The molecule has 2 aromatic heterocycles. The molecule has 0 aliphatic heterocycles. The van der Waals surface area contributed by atoms with Crippen molar-refractivity contribution in [1.82, 2.24) is 9.97 Å². The summed E-state index contributed by atoms with van der Waals surface area (Å²) in [4.78, 5) is 22.7. The van der Waals surface area contributed by atoms with Crippen molar-refractivity contribution in [3.05, 3.63) is 136 Å². The Hall–Kier alpha value is -7.73. The molecule has 6 aromatic rings. The number of nitrogens with zero attached hydrogens (tertiary/aromatic N) is 2. The maximum absolute atomic E-state index is 13.8. The van der Waals surface area contributed by atoms with Gasteiger partial charge in [-0.3, -0.25) is 14.8 Å². The van der Waals surface area contributed by atoms with E-state index < -0.39 is 0 Å². The first-order valence-electron chi connectivity index (χ1n) is 43.4. The molecule has 0 aliphatic rings. The highest BCUT2D eigenvalue weighted by atomic mass is 16.5. The van der Waals surface area contributed by atoms with Crippen LogP contribution in [0.1, 0.15) is 338 Å². The zero-order valence-corrected chi connectivity index (χ0v) is 69.7. The molecule has 0 fully saturated rings. The number of nitrogens with two attached hydrogens (primary N) is 1. The van der Waals surface area contributed by atoms with E-state index in [-0.39, 0.29) is 5.91 Å². The van der Waals surface area contributed by atoms with Crippen LogP contribution in [-0.2, 0) is 0 Å². The number of amides is 1.